The number of methoxy groups -OCH3 is 1. The number of rotatable bonds is 5. The highest BCUT2D eigenvalue weighted by atomic mass is 19.1. The largest absolute Gasteiger partial charge is 0.494 e. The molecule has 0 spiro atoms. The summed E-state index contributed by atoms with van der Waals surface area (Å²) in [4.78, 5) is 8.58. The Balaban J connectivity index is 1.64. The Morgan fingerprint density at radius 2 is 1.96 bits per heavy atom. The summed E-state index contributed by atoms with van der Waals surface area (Å²) >= 11 is 0. The summed E-state index contributed by atoms with van der Waals surface area (Å²) in [7, 11) is 1.43. The zero-order valence-corrected chi connectivity index (χ0v) is 14.5. The first-order valence-corrected chi connectivity index (χ1v) is 8.40. The summed E-state index contributed by atoms with van der Waals surface area (Å²) in [5, 5.41) is 7.14. The summed E-state index contributed by atoms with van der Waals surface area (Å²) in [5.41, 5.74) is 7.21. The molecule has 4 rings (SSSR count). The molecule has 2 aromatic carbocycles. The van der Waals surface area contributed by atoms with Gasteiger partial charge in [-0.05, 0) is 36.1 Å². The molecule has 1 saturated carbocycles. The van der Waals surface area contributed by atoms with E-state index >= 15 is 0 Å². The maximum absolute atomic E-state index is 14.0. The van der Waals surface area contributed by atoms with Crippen molar-refractivity contribution in [3.05, 3.63) is 59.4 Å². The third-order valence-corrected chi connectivity index (χ3v) is 4.65. The molecule has 0 amide bonds. The van der Waals surface area contributed by atoms with Crippen LogP contribution in [0.25, 0.3) is 11.4 Å². The fraction of sp³-hybridized carbons (Fsp3) is 0.211. The molecule has 6 nitrogen and oxygen atoms in total. The van der Waals surface area contributed by atoms with Gasteiger partial charge in [-0.2, -0.15) is 5.10 Å². The Hall–Kier alpha value is -3.29. The van der Waals surface area contributed by atoms with Gasteiger partial charge in [-0.3, -0.25) is 5.10 Å². The number of benzene rings is 2. The average molecular weight is 369 g/mol. The molecule has 8 heteroatoms. The topological polar surface area (TPSA) is 89.2 Å². The van der Waals surface area contributed by atoms with Crippen LogP contribution in [0.4, 0.5) is 14.5 Å². The first kappa shape index (κ1) is 17.1. The highest BCUT2D eigenvalue weighted by Gasteiger charge is 2.42. The van der Waals surface area contributed by atoms with Gasteiger partial charge in [0.1, 0.15) is 28.9 Å². The number of nitrogens with one attached hydrogen (secondary N) is 1. The molecule has 138 valence electrons. The van der Waals surface area contributed by atoms with Crippen LogP contribution in [-0.2, 0) is 0 Å². The van der Waals surface area contributed by atoms with E-state index in [9.17, 15) is 8.78 Å². The Labute approximate surface area is 154 Å². The lowest BCUT2D eigenvalue weighted by molar-refractivity contribution is 0.413. The molecule has 1 heterocycles. The van der Waals surface area contributed by atoms with Crippen LogP contribution in [0, 0.1) is 11.6 Å². The first-order chi connectivity index (χ1) is 13.1. The van der Waals surface area contributed by atoms with Crippen molar-refractivity contribution in [1.82, 2.24) is 15.2 Å². The average Bonchev–Trinajstić information content (AvgIpc) is 3.31. The maximum Gasteiger partial charge on any atom is 0.183 e. The molecule has 0 radical (unpaired) electrons. The van der Waals surface area contributed by atoms with Gasteiger partial charge in [-0.15, -0.1) is 0 Å². The molecule has 27 heavy (non-hydrogen) atoms. The molecule has 0 aliphatic heterocycles. The summed E-state index contributed by atoms with van der Waals surface area (Å²) in [6.07, 6.45) is 2.00. The minimum absolute atomic E-state index is 0.161. The monoisotopic (exact) mass is 369 g/mol. The Morgan fingerprint density at radius 3 is 2.67 bits per heavy atom. The van der Waals surface area contributed by atoms with Gasteiger partial charge in [-0.1, -0.05) is 12.1 Å². The standard InChI is InChI=1S/C19H17F2N5O/c1-27-16-7-12(21)6-15(17(16)23-9-22)19-24-18(25-26-19)14-8-13(14)10-2-4-11(20)5-3-10/h2-7,9,13-14H,8H2,1H3,(H2,22,23)(H,24,25,26). The van der Waals surface area contributed by atoms with Crippen molar-refractivity contribution in [3.8, 4) is 17.1 Å². The van der Waals surface area contributed by atoms with E-state index in [1.165, 1.54) is 31.4 Å². The molecule has 1 fully saturated rings. The highest BCUT2D eigenvalue weighted by molar-refractivity contribution is 5.79. The van der Waals surface area contributed by atoms with E-state index in [1.807, 2.05) is 0 Å². The van der Waals surface area contributed by atoms with Crippen LogP contribution in [0.1, 0.15) is 29.6 Å². The van der Waals surface area contributed by atoms with E-state index in [4.69, 9.17) is 10.5 Å². The fourth-order valence-corrected chi connectivity index (χ4v) is 3.24. The van der Waals surface area contributed by atoms with Gasteiger partial charge in [0.15, 0.2) is 5.82 Å². The predicted octanol–water partition coefficient (Wildman–Crippen LogP) is 3.65. The van der Waals surface area contributed by atoms with Crippen molar-refractivity contribution >= 4 is 12.0 Å². The van der Waals surface area contributed by atoms with Crippen LogP contribution in [0.3, 0.4) is 0 Å². The smallest absolute Gasteiger partial charge is 0.183 e. The maximum atomic E-state index is 14.0. The van der Waals surface area contributed by atoms with E-state index in [1.54, 1.807) is 12.1 Å². The van der Waals surface area contributed by atoms with Crippen molar-refractivity contribution < 1.29 is 13.5 Å². The van der Waals surface area contributed by atoms with Crippen molar-refractivity contribution in [3.63, 3.8) is 0 Å². The van der Waals surface area contributed by atoms with Crippen LogP contribution < -0.4 is 10.5 Å². The second-order valence-corrected chi connectivity index (χ2v) is 6.33. The number of aromatic nitrogens is 3. The fourth-order valence-electron chi connectivity index (χ4n) is 3.24. The number of H-pyrrole nitrogens is 1. The Bertz CT molecular complexity index is 1000. The SMILES string of the molecule is COc1cc(F)cc(-c2n[nH]c(C3CC3c3ccc(F)cc3)n2)c1N=CN. The number of nitrogens with zero attached hydrogens (tertiary/aromatic N) is 3. The minimum Gasteiger partial charge on any atom is -0.494 e. The van der Waals surface area contributed by atoms with Crippen molar-refractivity contribution in [2.45, 2.75) is 18.3 Å². The molecular formula is C19H17F2N5O. The van der Waals surface area contributed by atoms with Gasteiger partial charge in [0.05, 0.1) is 19.0 Å². The first-order valence-electron chi connectivity index (χ1n) is 8.40. The lowest BCUT2D eigenvalue weighted by Gasteiger charge is -2.08. The van der Waals surface area contributed by atoms with E-state index < -0.39 is 5.82 Å². The van der Waals surface area contributed by atoms with Crippen LogP contribution in [0.15, 0.2) is 41.4 Å². The Morgan fingerprint density at radius 1 is 1.19 bits per heavy atom. The lowest BCUT2D eigenvalue weighted by atomic mass is 10.1. The number of ether oxygens (including phenoxy) is 1. The number of hydrogen-bond donors (Lipinski definition) is 2. The zero-order chi connectivity index (χ0) is 19.0. The van der Waals surface area contributed by atoms with Gasteiger partial charge in [0.25, 0.3) is 0 Å². The minimum atomic E-state index is -0.486. The van der Waals surface area contributed by atoms with Crippen LogP contribution in [0.5, 0.6) is 5.75 Å². The van der Waals surface area contributed by atoms with Crippen molar-refractivity contribution in [2.24, 2.45) is 10.7 Å². The van der Waals surface area contributed by atoms with Crippen LogP contribution in [0.2, 0.25) is 0 Å². The molecule has 2 unspecified atom stereocenters. The lowest BCUT2D eigenvalue weighted by Crippen LogP contribution is -1.94. The summed E-state index contributed by atoms with van der Waals surface area (Å²) < 4.78 is 32.2. The van der Waals surface area contributed by atoms with Gasteiger partial charge in [0.2, 0.25) is 0 Å². The van der Waals surface area contributed by atoms with Gasteiger partial charge >= 0.3 is 0 Å². The number of nitrogens with two attached hydrogens (primary N) is 1. The van der Waals surface area contributed by atoms with E-state index in [-0.39, 0.29) is 23.4 Å². The number of hydrogen-bond acceptors (Lipinski definition) is 4. The molecule has 2 atom stereocenters. The van der Waals surface area contributed by atoms with E-state index in [0.717, 1.165) is 18.3 Å². The second-order valence-electron chi connectivity index (χ2n) is 6.33. The summed E-state index contributed by atoms with van der Waals surface area (Å²) in [6.45, 7) is 0. The zero-order valence-electron chi connectivity index (χ0n) is 14.5. The quantitative estimate of drug-likeness (QED) is 0.531. The second kappa shape index (κ2) is 6.79. The number of aliphatic imine (C=N–C) groups is 1. The molecule has 3 N–H and O–H groups in total. The van der Waals surface area contributed by atoms with Crippen LogP contribution >= 0.6 is 0 Å². The highest BCUT2D eigenvalue weighted by Crippen LogP contribution is 2.53. The van der Waals surface area contributed by atoms with Crippen LogP contribution in [-0.4, -0.2) is 28.6 Å². The van der Waals surface area contributed by atoms with E-state index in [2.05, 4.69) is 20.2 Å². The summed E-state index contributed by atoms with van der Waals surface area (Å²) in [6, 6.07) is 8.98. The third-order valence-electron chi connectivity index (χ3n) is 4.65. The third kappa shape index (κ3) is 3.25. The molecule has 0 bridgehead atoms. The van der Waals surface area contributed by atoms with Gasteiger partial charge in [-0.25, -0.2) is 18.8 Å². The molecule has 1 aromatic heterocycles. The summed E-state index contributed by atoms with van der Waals surface area (Å²) in [5.74, 6) is 0.932. The molecule has 3 aromatic rings. The van der Waals surface area contributed by atoms with E-state index in [0.29, 0.717) is 22.9 Å². The number of aromatic amines is 1. The van der Waals surface area contributed by atoms with Gasteiger partial charge in [0, 0.05) is 12.0 Å². The molecule has 0 saturated heterocycles. The molecule has 1 aliphatic carbocycles. The van der Waals surface area contributed by atoms with Crippen molar-refractivity contribution in [2.75, 3.05) is 7.11 Å². The number of halogens is 2. The molecular weight excluding hydrogens is 352 g/mol. The normalized spacial score (nSPS) is 18.8. The molecule has 1 aliphatic rings. The predicted molar refractivity (Wildman–Crippen MR) is 97.2 cm³/mol. The van der Waals surface area contributed by atoms with Crippen molar-refractivity contribution in [1.29, 1.82) is 0 Å². The van der Waals surface area contributed by atoms with Gasteiger partial charge < -0.3 is 10.5 Å². The Kier molecular flexibility index (Phi) is 4.31.